The third kappa shape index (κ3) is 4.77. The van der Waals surface area contributed by atoms with E-state index in [0.717, 1.165) is 10.2 Å². The minimum atomic E-state index is -3.60. The minimum absolute atomic E-state index is 0.148. The Bertz CT molecular complexity index is 1310. The Kier molecular flexibility index (Phi) is 7.17. The van der Waals surface area contributed by atoms with Crippen molar-refractivity contribution in [2.45, 2.75) is 51.1 Å². The normalized spacial score (nSPS) is 12.9. The lowest BCUT2D eigenvalue weighted by Gasteiger charge is -2.20. The average Bonchev–Trinajstić information content (AvgIpc) is 3.09. The number of hydrogen-bond acceptors (Lipinski definition) is 4. The number of thiazole rings is 1. The summed E-state index contributed by atoms with van der Waals surface area (Å²) in [5.41, 5.74) is 2.57. The number of allylic oxidation sites excluding steroid dienone is 1. The van der Waals surface area contributed by atoms with Crippen LogP contribution in [0.15, 0.2) is 65.0 Å². The standard InChI is InChI=1S/C24H29N3O3S2/c1-7-14-27-21-13-10-19(16(2)3)15-22(21)31-24(27)25-23(28)18-8-11-20(12-9-18)32(29,30)26(6)17(4)5/h7-13,15-17H,1,14H2,2-6H3. The number of carbonyl (C=O) groups excluding carboxylic acids is 1. The van der Waals surface area contributed by atoms with E-state index in [1.807, 2.05) is 18.4 Å². The third-order valence-corrected chi connectivity index (χ3v) is 8.48. The quantitative estimate of drug-likeness (QED) is 0.466. The monoisotopic (exact) mass is 471 g/mol. The Morgan fingerprint density at radius 2 is 1.81 bits per heavy atom. The van der Waals surface area contributed by atoms with Crippen molar-refractivity contribution in [3.63, 3.8) is 0 Å². The first kappa shape index (κ1) is 24.1. The van der Waals surface area contributed by atoms with Crippen molar-refractivity contribution in [1.29, 1.82) is 0 Å². The van der Waals surface area contributed by atoms with Crippen LogP contribution in [0.1, 0.15) is 49.5 Å². The van der Waals surface area contributed by atoms with E-state index in [-0.39, 0.29) is 10.9 Å². The Labute approximate surface area is 193 Å². The van der Waals surface area contributed by atoms with Gasteiger partial charge in [0, 0.05) is 25.2 Å². The molecule has 0 aliphatic rings. The second-order valence-electron chi connectivity index (χ2n) is 8.22. The molecule has 1 heterocycles. The number of amides is 1. The number of nitrogens with zero attached hydrogens (tertiary/aromatic N) is 3. The van der Waals surface area contributed by atoms with Gasteiger partial charge in [-0.2, -0.15) is 9.30 Å². The molecule has 32 heavy (non-hydrogen) atoms. The van der Waals surface area contributed by atoms with E-state index >= 15 is 0 Å². The van der Waals surface area contributed by atoms with Gasteiger partial charge in [0.15, 0.2) is 4.80 Å². The van der Waals surface area contributed by atoms with Gasteiger partial charge in [0.2, 0.25) is 10.0 Å². The van der Waals surface area contributed by atoms with Gasteiger partial charge in [-0.25, -0.2) is 8.42 Å². The number of benzene rings is 2. The fraction of sp³-hybridized carbons (Fsp3) is 0.333. The molecule has 3 aromatic rings. The molecule has 2 aromatic carbocycles. The zero-order valence-electron chi connectivity index (χ0n) is 19.1. The van der Waals surface area contributed by atoms with E-state index in [4.69, 9.17) is 0 Å². The molecule has 3 rings (SSSR count). The lowest BCUT2D eigenvalue weighted by atomic mass is 10.0. The summed E-state index contributed by atoms with van der Waals surface area (Å²) >= 11 is 1.46. The van der Waals surface area contributed by atoms with Gasteiger partial charge in [-0.05, 0) is 61.7 Å². The molecule has 0 radical (unpaired) electrons. The maximum atomic E-state index is 12.9. The van der Waals surface area contributed by atoms with Gasteiger partial charge in [0.25, 0.3) is 5.91 Å². The van der Waals surface area contributed by atoms with E-state index in [1.165, 1.54) is 45.5 Å². The van der Waals surface area contributed by atoms with Crippen molar-refractivity contribution >= 4 is 37.5 Å². The van der Waals surface area contributed by atoms with E-state index in [1.54, 1.807) is 13.1 Å². The highest BCUT2D eigenvalue weighted by molar-refractivity contribution is 7.89. The molecule has 1 aromatic heterocycles. The first-order valence-corrected chi connectivity index (χ1v) is 12.7. The molecule has 6 nitrogen and oxygen atoms in total. The SMILES string of the molecule is C=CCn1c(=NC(=O)c2ccc(S(=O)(=O)N(C)C(C)C)cc2)sc2cc(C(C)C)ccc21. The molecule has 0 atom stereocenters. The highest BCUT2D eigenvalue weighted by Crippen LogP contribution is 2.24. The molecule has 0 aliphatic carbocycles. The number of rotatable bonds is 7. The molecular weight excluding hydrogens is 442 g/mol. The van der Waals surface area contributed by atoms with Crippen LogP contribution in [0, 0.1) is 0 Å². The van der Waals surface area contributed by atoms with Crippen LogP contribution in [0.2, 0.25) is 0 Å². The highest BCUT2D eigenvalue weighted by Gasteiger charge is 2.23. The van der Waals surface area contributed by atoms with E-state index < -0.39 is 15.9 Å². The van der Waals surface area contributed by atoms with Crippen LogP contribution in [-0.2, 0) is 16.6 Å². The van der Waals surface area contributed by atoms with Crippen LogP contribution in [-0.4, -0.2) is 36.3 Å². The molecule has 0 bridgehead atoms. The average molecular weight is 472 g/mol. The van der Waals surface area contributed by atoms with Crippen molar-refractivity contribution in [1.82, 2.24) is 8.87 Å². The largest absolute Gasteiger partial charge is 0.312 e. The van der Waals surface area contributed by atoms with E-state index in [2.05, 4.69) is 43.6 Å². The summed E-state index contributed by atoms with van der Waals surface area (Å²) in [6.45, 7) is 12.3. The zero-order chi connectivity index (χ0) is 23.6. The lowest BCUT2D eigenvalue weighted by molar-refractivity contribution is 0.0997. The summed E-state index contributed by atoms with van der Waals surface area (Å²) in [6.07, 6.45) is 1.77. The molecule has 1 amide bonds. The molecule has 0 saturated carbocycles. The minimum Gasteiger partial charge on any atom is -0.312 e. The second-order valence-corrected chi connectivity index (χ2v) is 11.2. The molecular formula is C24H29N3O3S2. The molecule has 0 unspecified atom stereocenters. The Morgan fingerprint density at radius 1 is 1.16 bits per heavy atom. The van der Waals surface area contributed by atoms with Gasteiger partial charge < -0.3 is 4.57 Å². The van der Waals surface area contributed by atoms with Crippen LogP contribution in [0.5, 0.6) is 0 Å². The van der Waals surface area contributed by atoms with Crippen molar-refractivity contribution in [2.24, 2.45) is 4.99 Å². The topological polar surface area (TPSA) is 71.7 Å². The number of fused-ring (bicyclic) bond motifs is 1. The molecule has 0 saturated heterocycles. The van der Waals surface area contributed by atoms with Gasteiger partial charge in [-0.3, -0.25) is 4.79 Å². The summed E-state index contributed by atoms with van der Waals surface area (Å²) in [7, 11) is -2.06. The summed E-state index contributed by atoms with van der Waals surface area (Å²) in [6, 6.07) is 12.0. The molecule has 8 heteroatoms. The summed E-state index contributed by atoms with van der Waals surface area (Å²) in [5, 5.41) is 0. The molecule has 0 aliphatic heterocycles. The van der Waals surface area contributed by atoms with Crippen LogP contribution in [0.25, 0.3) is 10.2 Å². The number of aromatic nitrogens is 1. The Balaban J connectivity index is 2.00. The number of sulfonamides is 1. The number of carbonyl (C=O) groups is 1. The molecule has 0 spiro atoms. The van der Waals surface area contributed by atoms with Gasteiger partial charge in [0.1, 0.15) is 0 Å². The van der Waals surface area contributed by atoms with Crippen molar-refractivity contribution in [3.8, 4) is 0 Å². The van der Waals surface area contributed by atoms with Crippen LogP contribution in [0.4, 0.5) is 0 Å². The first-order valence-electron chi connectivity index (χ1n) is 10.5. The Hall–Kier alpha value is -2.55. The smallest absolute Gasteiger partial charge is 0.279 e. The van der Waals surface area contributed by atoms with Crippen molar-refractivity contribution < 1.29 is 13.2 Å². The predicted molar refractivity (Wildman–Crippen MR) is 131 cm³/mol. The number of hydrogen-bond donors (Lipinski definition) is 0. The predicted octanol–water partition coefficient (Wildman–Crippen LogP) is 4.78. The Morgan fingerprint density at radius 3 is 2.38 bits per heavy atom. The van der Waals surface area contributed by atoms with E-state index in [9.17, 15) is 13.2 Å². The van der Waals surface area contributed by atoms with Crippen LogP contribution < -0.4 is 4.80 Å². The summed E-state index contributed by atoms with van der Waals surface area (Å²) in [5.74, 6) is -0.0134. The summed E-state index contributed by atoms with van der Waals surface area (Å²) in [4.78, 5) is 17.9. The third-order valence-electron chi connectivity index (χ3n) is 5.39. The molecule has 170 valence electrons. The fourth-order valence-corrected chi connectivity index (χ4v) is 5.66. The summed E-state index contributed by atoms with van der Waals surface area (Å²) < 4.78 is 29.6. The maximum Gasteiger partial charge on any atom is 0.279 e. The highest BCUT2D eigenvalue weighted by atomic mass is 32.2. The van der Waals surface area contributed by atoms with Crippen LogP contribution >= 0.6 is 11.3 Å². The molecule has 0 N–H and O–H groups in total. The zero-order valence-corrected chi connectivity index (χ0v) is 20.7. The van der Waals surface area contributed by atoms with Gasteiger partial charge in [-0.1, -0.05) is 37.3 Å². The van der Waals surface area contributed by atoms with E-state index in [0.29, 0.717) is 22.8 Å². The van der Waals surface area contributed by atoms with Crippen molar-refractivity contribution in [3.05, 3.63) is 71.0 Å². The van der Waals surface area contributed by atoms with Gasteiger partial charge in [-0.15, -0.1) is 6.58 Å². The van der Waals surface area contributed by atoms with Gasteiger partial charge >= 0.3 is 0 Å². The van der Waals surface area contributed by atoms with Crippen LogP contribution in [0.3, 0.4) is 0 Å². The maximum absolute atomic E-state index is 12.9. The molecule has 0 fully saturated rings. The van der Waals surface area contributed by atoms with Gasteiger partial charge in [0.05, 0.1) is 15.1 Å². The lowest BCUT2D eigenvalue weighted by Crippen LogP contribution is -2.33. The first-order chi connectivity index (χ1) is 15.1. The fourth-order valence-electron chi connectivity index (χ4n) is 3.20. The van der Waals surface area contributed by atoms with Crippen molar-refractivity contribution in [2.75, 3.05) is 7.05 Å². The second kappa shape index (κ2) is 9.52.